The Hall–Kier alpha value is -0.900. The molecule has 0 spiro atoms. The van der Waals surface area contributed by atoms with Crippen LogP contribution in [0, 0.1) is 5.92 Å². The van der Waals surface area contributed by atoms with Gasteiger partial charge in [0.05, 0.1) is 6.54 Å². The monoisotopic (exact) mass is 182 g/mol. The molecule has 0 aliphatic heterocycles. The van der Waals surface area contributed by atoms with Crippen molar-refractivity contribution in [2.75, 3.05) is 7.05 Å². The molecule has 0 radical (unpaired) electrons. The van der Waals surface area contributed by atoms with Gasteiger partial charge >= 0.3 is 0 Å². The van der Waals surface area contributed by atoms with Crippen LogP contribution in [-0.2, 0) is 20.0 Å². The minimum Gasteiger partial charge on any atom is -0.313 e. The van der Waals surface area contributed by atoms with Crippen molar-refractivity contribution in [1.82, 2.24) is 20.1 Å². The van der Waals surface area contributed by atoms with Crippen LogP contribution in [0.4, 0.5) is 0 Å². The average molecular weight is 182 g/mol. The van der Waals surface area contributed by atoms with E-state index in [0.29, 0.717) is 5.92 Å². The van der Waals surface area contributed by atoms with Crippen LogP contribution in [0.5, 0.6) is 0 Å². The zero-order chi connectivity index (χ0) is 9.84. The van der Waals surface area contributed by atoms with Crippen LogP contribution in [0.2, 0.25) is 0 Å². The number of hydrogen-bond donors (Lipinski definition) is 1. The summed E-state index contributed by atoms with van der Waals surface area (Å²) >= 11 is 0. The molecule has 0 aliphatic rings. The number of aryl methyl sites for hydroxylation is 1. The van der Waals surface area contributed by atoms with Gasteiger partial charge in [-0.25, -0.2) is 4.98 Å². The van der Waals surface area contributed by atoms with Crippen molar-refractivity contribution >= 4 is 0 Å². The Labute approximate surface area is 79.4 Å². The zero-order valence-corrected chi connectivity index (χ0v) is 8.83. The van der Waals surface area contributed by atoms with E-state index in [4.69, 9.17) is 0 Å². The molecule has 0 fully saturated rings. The minimum absolute atomic E-state index is 0.630. The molecule has 0 atom stereocenters. The smallest absolute Gasteiger partial charge is 0.164 e. The van der Waals surface area contributed by atoms with Crippen LogP contribution in [0.3, 0.4) is 0 Å². The second-order valence-electron chi connectivity index (χ2n) is 3.70. The minimum atomic E-state index is 0.630. The summed E-state index contributed by atoms with van der Waals surface area (Å²) in [4.78, 5) is 4.43. The maximum Gasteiger partial charge on any atom is 0.164 e. The third kappa shape index (κ3) is 2.81. The van der Waals surface area contributed by atoms with E-state index in [1.165, 1.54) is 0 Å². The maximum atomic E-state index is 4.43. The van der Waals surface area contributed by atoms with Gasteiger partial charge in [-0.3, -0.25) is 4.68 Å². The van der Waals surface area contributed by atoms with Gasteiger partial charge in [-0.1, -0.05) is 13.8 Å². The predicted molar refractivity (Wildman–Crippen MR) is 52.3 cm³/mol. The van der Waals surface area contributed by atoms with Gasteiger partial charge in [-0.05, 0) is 13.0 Å². The molecule has 74 valence electrons. The first-order chi connectivity index (χ1) is 6.13. The average Bonchev–Trinajstić information content (AvgIpc) is 2.31. The molecule has 1 N–H and O–H groups in total. The molecule has 0 saturated carbocycles. The first kappa shape index (κ1) is 10.2. The Kier molecular flexibility index (Phi) is 3.42. The summed E-state index contributed by atoms with van der Waals surface area (Å²) in [5, 5.41) is 7.34. The van der Waals surface area contributed by atoms with Crippen molar-refractivity contribution < 1.29 is 0 Å². The van der Waals surface area contributed by atoms with Crippen molar-refractivity contribution in [3.63, 3.8) is 0 Å². The summed E-state index contributed by atoms with van der Waals surface area (Å²) in [5.41, 5.74) is 0. The van der Waals surface area contributed by atoms with Gasteiger partial charge in [-0.2, -0.15) is 5.10 Å². The van der Waals surface area contributed by atoms with Crippen LogP contribution in [0.25, 0.3) is 0 Å². The molecule has 13 heavy (non-hydrogen) atoms. The van der Waals surface area contributed by atoms with Crippen LogP contribution in [0.15, 0.2) is 0 Å². The van der Waals surface area contributed by atoms with E-state index in [-0.39, 0.29) is 0 Å². The molecule has 0 aromatic carbocycles. The summed E-state index contributed by atoms with van der Waals surface area (Å²) in [6, 6.07) is 0. The Bertz CT molecular complexity index is 265. The highest BCUT2D eigenvalue weighted by atomic mass is 15.3. The second-order valence-corrected chi connectivity index (χ2v) is 3.70. The van der Waals surface area contributed by atoms with E-state index in [9.17, 15) is 0 Å². The molecule has 4 nitrogen and oxygen atoms in total. The molecule has 0 aliphatic carbocycles. The SMILES string of the molecule is CNCc1nc(CC(C)C)n(C)n1. The summed E-state index contributed by atoms with van der Waals surface area (Å²) in [6.45, 7) is 5.12. The van der Waals surface area contributed by atoms with Gasteiger partial charge in [-0.15, -0.1) is 0 Å². The number of hydrogen-bond acceptors (Lipinski definition) is 3. The number of nitrogens with zero attached hydrogens (tertiary/aromatic N) is 3. The molecule has 1 heterocycles. The lowest BCUT2D eigenvalue weighted by Crippen LogP contribution is -2.06. The number of aromatic nitrogens is 3. The van der Waals surface area contributed by atoms with Crippen molar-refractivity contribution in [3.8, 4) is 0 Å². The molecule has 0 amide bonds. The summed E-state index contributed by atoms with van der Waals surface area (Å²) in [5.74, 6) is 2.58. The second kappa shape index (κ2) is 4.37. The Morgan fingerprint density at radius 2 is 2.15 bits per heavy atom. The fourth-order valence-corrected chi connectivity index (χ4v) is 1.25. The van der Waals surface area contributed by atoms with Gasteiger partial charge in [0.2, 0.25) is 0 Å². The molecule has 0 bridgehead atoms. The van der Waals surface area contributed by atoms with Crippen molar-refractivity contribution in [2.24, 2.45) is 13.0 Å². The van der Waals surface area contributed by atoms with Gasteiger partial charge in [0.15, 0.2) is 5.82 Å². The zero-order valence-electron chi connectivity index (χ0n) is 8.83. The van der Waals surface area contributed by atoms with E-state index in [2.05, 4.69) is 29.2 Å². The molecule has 0 unspecified atom stereocenters. The summed E-state index contributed by atoms with van der Waals surface area (Å²) in [6.07, 6.45) is 0.993. The topological polar surface area (TPSA) is 42.7 Å². The lowest BCUT2D eigenvalue weighted by molar-refractivity contribution is 0.584. The third-order valence-electron chi connectivity index (χ3n) is 1.82. The molecule has 4 heteroatoms. The summed E-state index contributed by atoms with van der Waals surface area (Å²) < 4.78 is 1.87. The van der Waals surface area contributed by atoms with Crippen LogP contribution in [0.1, 0.15) is 25.5 Å². The van der Waals surface area contributed by atoms with Crippen LogP contribution in [-0.4, -0.2) is 21.8 Å². The largest absolute Gasteiger partial charge is 0.313 e. The van der Waals surface area contributed by atoms with E-state index >= 15 is 0 Å². The van der Waals surface area contributed by atoms with E-state index in [1.54, 1.807) is 0 Å². The van der Waals surface area contributed by atoms with Crippen molar-refractivity contribution in [3.05, 3.63) is 11.6 Å². The van der Waals surface area contributed by atoms with Gasteiger partial charge in [0, 0.05) is 13.5 Å². The fourth-order valence-electron chi connectivity index (χ4n) is 1.25. The van der Waals surface area contributed by atoms with Gasteiger partial charge in [0.25, 0.3) is 0 Å². The highest BCUT2D eigenvalue weighted by Crippen LogP contribution is 2.04. The Morgan fingerprint density at radius 1 is 1.46 bits per heavy atom. The highest BCUT2D eigenvalue weighted by molar-refractivity contribution is 4.93. The molecule has 1 aromatic heterocycles. The van der Waals surface area contributed by atoms with Crippen LogP contribution >= 0.6 is 0 Å². The molecular formula is C9H18N4. The predicted octanol–water partition coefficient (Wildman–Crippen LogP) is 0.733. The lowest BCUT2D eigenvalue weighted by atomic mass is 10.1. The van der Waals surface area contributed by atoms with E-state index in [0.717, 1.165) is 24.6 Å². The lowest BCUT2D eigenvalue weighted by Gasteiger charge is -2.01. The maximum absolute atomic E-state index is 4.43. The number of nitrogens with one attached hydrogen (secondary N) is 1. The van der Waals surface area contributed by atoms with Crippen LogP contribution < -0.4 is 5.32 Å². The summed E-state index contributed by atoms with van der Waals surface area (Å²) in [7, 11) is 3.85. The normalized spacial score (nSPS) is 11.2. The van der Waals surface area contributed by atoms with Gasteiger partial charge in [0.1, 0.15) is 5.82 Å². The first-order valence-corrected chi connectivity index (χ1v) is 4.67. The molecule has 0 saturated heterocycles. The number of rotatable bonds is 4. The first-order valence-electron chi connectivity index (χ1n) is 4.67. The van der Waals surface area contributed by atoms with E-state index in [1.807, 2.05) is 18.8 Å². The van der Waals surface area contributed by atoms with E-state index < -0.39 is 0 Å². The molecule has 1 rings (SSSR count). The fraction of sp³-hybridized carbons (Fsp3) is 0.778. The Morgan fingerprint density at radius 3 is 2.69 bits per heavy atom. The van der Waals surface area contributed by atoms with Crippen molar-refractivity contribution in [1.29, 1.82) is 0 Å². The third-order valence-corrected chi connectivity index (χ3v) is 1.82. The Balaban J connectivity index is 2.71. The molecular weight excluding hydrogens is 164 g/mol. The highest BCUT2D eigenvalue weighted by Gasteiger charge is 2.07. The quantitative estimate of drug-likeness (QED) is 0.746. The van der Waals surface area contributed by atoms with Gasteiger partial charge < -0.3 is 5.32 Å². The van der Waals surface area contributed by atoms with Crippen molar-refractivity contribution in [2.45, 2.75) is 26.8 Å². The molecule has 1 aromatic rings. The standard InChI is InChI=1S/C9H18N4/c1-7(2)5-9-11-8(6-10-3)12-13(9)4/h7,10H,5-6H2,1-4H3.